The number of amides is 1. The molecular weight excluding hydrogens is 258 g/mol. The highest BCUT2D eigenvalue weighted by Crippen LogP contribution is 2.44. The number of rotatable bonds is 3. The number of aryl methyl sites for hydroxylation is 1. The third-order valence-electron chi connectivity index (χ3n) is 3.72. The van der Waals surface area contributed by atoms with Crippen LogP contribution in [-0.2, 0) is 0 Å². The summed E-state index contributed by atoms with van der Waals surface area (Å²) in [6.45, 7) is 4.85. The van der Waals surface area contributed by atoms with Gasteiger partial charge in [-0.2, -0.15) is 0 Å². The zero-order valence-electron chi connectivity index (χ0n) is 11.1. The lowest BCUT2D eigenvalue weighted by Gasteiger charge is -2.09. The van der Waals surface area contributed by atoms with E-state index in [1.54, 1.807) is 0 Å². The highest BCUT2D eigenvalue weighted by atomic mass is 32.1. The van der Waals surface area contributed by atoms with E-state index < -0.39 is 0 Å². The number of anilines is 1. The molecule has 0 saturated heterocycles. The number of nitrogen functional groups attached to an aromatic ring is 1. The molecule has 2 aromatic heterocycles. The van der Waals surface area contributed by atoms with Crippen molar-refractivity contribution in [2.24, 2.45) is 5.41 Å². The molecule has 1 saturated carbocycles. The molecule has 5 heteroatoms. The molecule has 0 unspecified atom stereocenters. The van der Waals surface area contributed by atoms with E-state index in [9.17, 15) is 4.79 Å². The van der Waals surface area contributed by atoms with Gasteiger partial charge in [0.05, 0.1) is 5.69 Å². The lowest BCUT2D eigenvalue weighted by molar-refractivity contribution is 0.0951. The molecule has 1 aliphatic carbocycles. The fraction of sp³-hybridized carbons (Fsp3) is 0.429. The summed E-state index contributed by atoms with van der Waals surface area (Å²) < 4.78 is 0. The summed E-state index contributed by atoms with van der Waals surface area (Å²) in [7, 11) is 0. The average molecular weight is 275 g/mol. The maximum atomic E-state index is 12.2. The molecule has 0 aliphatic heterocycles. The summed E-state index contributed by atoms with van der Waals surface area (Å²) in [4.78, 5) is 18.0. The minimum absolute atomic E-state index is 0.0775. The van der Waals surface area contributed by atoms with E-state index in [4.69, 9.17) is 5.73 Å². The second kappa shape index (κ2) is 4.20. The van der Waals surface area contributed by atoms with E-state index in [-0.39, 0.29) is 5.91 Å². The second-order valence-corrected chi connectivity index (χ2v) is 6.64. The van der Waals surface area contributed by atoms with Gasteiger partial charge >= 0.3 is 0 Å². The lowest BCUT2D eigenvalue weighted by atomic mass is 10.1. The zero-order chi connectivity index (χ0) is 13.6. The van der Waals surface area contributed by atoms with Gasteiger partial charge in [0.1, 0.15) is 9.71 Å². The van der Waals surface area contributed by atoms with E-state index >= 15 is 0 Å². The second-order valence-electron chi connectivity index (χ2n) is 5.64. The van der Waals surface area contributed by atoms with Gasteiger partial charge in [0.25, 0.3) is 5.91 Å². The lowest BCUT2D eigenvalue weighted by Crippen LogP contribution is -2.28. The van der Waals surface area contributed by atoms with Gasteiger partial charge in [0.15, 0.2) is 0 Å². The first-order valence-corrected chi connectivity index (χ1v) is 7.24. The Bertz CT molecular complexity index is 658. The number of thiophene rings is 1. The topological polar surface area (TPSA) is 68.0 Å². The molecule has 19 heavy (non-hydrogen) atoms. The van der Waals surface area contributed by atoms with Crippen LogP contribution in [0.3, 0.4) is 0 Å². The van der Waals surface area contributed by atoms with Crippen LogP contribution in [0.25, 0.3) is 10.2 Å². The van der Waals surface area contributed by atoms with Crippen LogP contribution in [0.15, 0.2) is 12.1 Å². The van der Waals surface area contributed by atoms with Crippen molar-refractivity contribution in [3.63, 3.8) is 0 Å². The van der Waals surface area contributed by atoms with Crippen molar-refractivity contribution >= 4 is 33.1 Å². The van der Waals surface area contributed by atoms with Crippen LogP contribution < -0.4 is 11.1 Å². The minimum Gasteiger partial charge on any atom is -0.397 e. The Morgan fingerprint density at radius 3 is 2.95 bits per heavy atom. The summed E-state index contributed by atoms with van der Waals surface area (Å²) in [5, 5.41) is 3.86. The predicted octanol–water partition coefficient (Wildman–Crippen LogP) is 2.72. The van der Waals surface area contributed by atoms with Crippen LogP contribution in [0.5, 0.6) is 0 Å². The normalized spacial score (nSPS) is 16.5. The number of hydrogen-bond donors (Lipinski definition) is 2. The van der Waals surface area contributed by atoms with Crippen molar-refractivity contribution in [2.75, 3.05) is 12.3 Å². The first kappa shape index (κ1) is 12.4. The SMILES string of the molecule is Cc1ccc2c(N)c(C(=O)NCC3(C)CC3)sc2n1. The Labute approximate surface area is 116 Å². The highest BCUT2D eigenvalue weighted by molar-refractivity contribution is 7.21. The predicted molar refractivity (Wildman–Crippen MR) is 78.4 cm³/mol. The standard InChI is InChI=1S/C14H17N3OS/c1-8-3-4-9-10(15)11(19-13(9)17-8)12(18)16-7-14(2)5-6-14/h3-4H,5-7,15H2,1-2H3,(H,16,18). The third kappa shape index (κ3) is 2.30. The van der Waals surface area contributed by atoms with Crippen molar-refractivity contribution in [2.45, 2.75) is 26.7 Å². The molecule has 3 rings (SSSR count). The number of fused-ring (bicyclic) bond motifs is 1. The Kier molecular flexibility index (Phi) is 2.74. The van der Waals surface area contributed by atoms with Crippen LogP contribution >= 0.6 is 11.3 Å². The molecule has 0 spiro atoms. The number of hydrogen-bond acceptors (Lipinski definition) is 4. The van der Waals surface area contributed by atoms with Crippen LogP contribution in [0.4, 0.5) is 5.69 Å². The number of nitrogens with one attached hydrogen (secondary N) is 1. The van der Waals surface area contributed by atoms with Gasteiger partial charge in [-0.15, -0.1) is 11.3 Å². The van der Waals surface area contributed by atoms with Gasteiger partial charge < -0.3 is 11.1 Å². The largest absolute Gasteiger partial charge is 0.397 e. The van der Waals surface area contributed by atoms with Gasteiger partial charge in [-0.25, -0.2) is 4.98 Å². The maximum absolute atomic E-state index is 12.2. The molecule has 100 valence electrons. The van der Waals surface area contributed by atoms with E-state index in [0.29, 0.717) is 16.0 Å². The van der Waals surface area contributed by atoms with Gasteiger partial charge in [0.2, 0.25) is 0 Å². The van der Waals surface area contributed by atoms with E-state index in [0.717, 1.165) is 22.5 Å². The number of nitrogens with zero attached hydrogens (tertiary/aromatic N) is 1. The van der Waals surface area contributed by atoms with Gasteiger partial charge in [0, 0.05) is 17.6 Å². The zero-order valence-corrected chi connectivity index (χ0v) is 11.9. The number of nitrogens with two attached hydrogens (primary N) is 1. The quantitative estimate of drug-likeness (QED) is 0.905. The Morgan fingerprint density at radius 1 is 1.53 bits per heavy atom. The highest BCUT2D eigenvalue weighted by Gasteiger charge is 2.37. The molecule has 1 aliphatic rings. The number of carbonyl (C=O) groups is 1. The summed E-state index contributed by atoms with van der Waals surface area (Å²) in [6.07, 6.45) is 2.38. The molecule has 1 amide bonds. The molecule has 3 N–H and O–H groups in total. The molecule has 0 aromatic carbocycles. The molecule has 1 fully saturated rings. The van der Waals surface area contributed by atoms with Crippen LogP contribution in [0.2, 0.25) is 0 Å². The van der Waals surface area contributed by atoms with E-state index in [2.05, 4.69) is 17.2 Å². The maximum Gasteiger partial charge on any atom is 0.263 e. The first-order valence-electron chi connectivity index (χ1n) is 6.42. The van der Waals surface area contributed by atoms with Gasteiger partial charge in [-0.05, 0) is 37.3 Å². The molecule has 2 aromatic rings. The summed E-state index contributed by atoms with van der Waals surface area (Å²) >= 11 is 1.37. The Morgan fingerprint density at radius 2 is 2.26 bits per heavy atom. The van der Waals surface area contributed by atoms with Crippen molar-refractivity contribution in [3.05, 3.63) is 22.7 Å². The van der Waals surface area contributed by atoms with Crippen LogP contribution in [0.1, 0.15) is 35.1 Å². The summed E-state index contributed by atoms with van der Waals surface area (Å²) in [5.41, 5.74) is 7.84. The molecule has 0 atom stereocenters. The van der Waals surface area contributed by atoms with E-state index in [1.807, 2.05) is 19.1 Å². The third-order valence-corrected chi connectivity index (χ3v) is 4.83. The molecule has 2 heterocycles. The fourth-order valence-corrected chi connectivity index (χ4v) is 3.08. The van der Waals surface area contributed by atoms with Crippen LogP contribution in [-0.4, -0.2) is 17.4 Å². The Hall–Kier alpha value is -1.62. The smallest absolute Gasteiger partial charge is 0.263 e. The fourth-order valence-electron chi connectivity index (χ4n) is 2.02. The van der Waals surface area contributed by atoms with Crippen molar-refractivity contribution < 1.29 is 4.79 Å². The molecular formula is C14H17N3OS. The Balaban J connectivity index is 1.87. The van der Waals surface area contributed by atoms with Crippen LogP contribution in [0, 0.1) is 12.3 Å². The first-order chi connectivity index (χ1) is 8.98. The molecule has 0 bridgehead atoms. The molecule has 4 nitrogen and oxygen atoms in total. The average Bonchev–Trinajstić information content (AvgIpc) is 3.02. The van der Waals surface area contributed by atoms with Gasteiger partial charge in [-0.3, -0.25) is 4.79 Å². The minimum atomic E-state index is -0.0775. The summed E-state index contributed by atoms with van der Waals surface area (Å²) in [5.74, 6) is -0.0775. The van der Waals surface area contributed by atoms with Crippen molar-refractivity contribution in [1.82, 2.24) is 10.3 Å². The van der Waals surface area contributed by atoms with Crippen molar-refractivity contribution in [1.29, 1.82) is 0 Å². The van der Waals surface area contributed by atoms with Crippen molar-refractivity contribution in [3.8, 4) is 0 Å². The number of carbonyl (C=O) groups excluding carboxylic acids is 1. The summed E-state index contributed by atoms with van der Waals surface area (Å²) in [6, 6.07) is 3.85. The molecule has 0 radical (unpaired) electrons. The van der Waals surface area contributed by atoms with Gasteiger partial charge in [-0.1, -0.05) is 6.92 Å². The number of aromatic nitrogens is 1. The van der Waals surface area contributed by atoms with E-state index in [1.165, 1.54) is 24.2 Å². The monoisotopic (exact) mass is 275 g/mol. The number of pyridine rings is 1.